The van der Waals surface area contributed by atoms with Crippen LogP contribution in [-0.4, -0.2) is 56.3 Å². The summed E-state index contributed by atoms with van der Waals surface area (Å²) in [6.45, 7) is 7.11. The number of piperidine rings is 1. The topological polar surface area (TPSA) is 121 Å². The van der Waals surface area contributed by atoms with Gasteiger partial charge in [0.1, 0.15) is 12.4 Å². The van der Waals surface area contributed by atoms with Gasteiger partial charge in [-0.05, 0) is 75.9 Å². The van der Waals surface area contributed by atoms with Crippen LogP contribution in [0.3, 0.4) is 0 Å². The Morgan fingerprint density at radius 3 is 2.17 bits per heavy atom. The Balaban J connectivity index is 1.38. The molecule has 0 unspecified atom stereocenters. The van der Waals surface area contributed by atoms with E-state index in [9.17, 15) is 14.7 Å². The van der Waals surface area contributed by atoms with Gasteiger partial charge in [-0.2, -0.15) is 0 Å². The lowest BCUT2D eigenvalue weighted by Gasteiger charge is -2.33. The predicted octanol–water partition coefficient (Wildman–Crippen LogP) is 3.17. The predicted molar refractivity (Wildman–Crippen MR) is 132 cm³/mol. The van der Waals surface area contributed by atoms with E-state index in [1.165, 1.54) is 17.1 Å². The Morgan fingerprint density at radius 1 is 0.971 bits per heavy atom. The molecule has 0 bridgehead atoms. The second-order valence-electron chi connectivity index (χ2n) is 9.10. The van der Waals surface area contributed by atoms with Crippen molar-refractivity contribution >= 4 is 17.6 Å². The zero-order chi connectivity index (χ0) is 25.1. The normalized spacial score (nSPS) is 14.2. The number of carboxylic acid groups (broad SMARTS) is 1. The van der Waals surface area contributed by atoms with Gasteiger partial charge in [-0.15, -0.1) is 0 Å². The summed E-state index contributed by atoms with van der Waals surface area (Å²) in [5.74, 6) is -1.36. The number of aromatic hydroxyl groups is 1. The van der Waals surface area contributed by atoms with Crippen LogP contribution in [-0.2, 0) is 11.2 Å². The zero-order valence-corrected chi connectivity index (χ0v) is 20.3. The van der Waals surface area contributed by atoms with Crippen LogP contribution in [0.15, 0.2) is 36.4 Å². The molecule has 0 spiro atoms. The number of amides is 1. The summed E-state index contributed by atoms with van der Waals surface area (Å²) in [7, 11) is 0. The van der Waals surface area contributed by atoms with E-state index in [0.717, 1.165) is 31.6 Å². The number of hydrogen-bond acceptors (Lipinski definition) is 6. The van der Waals surface area contributed by atoms with Crippen molar-refractivity contribution in [2.24, 2.45) is 5.92 Å². The van der Waals surface area contributed by atoms with Crippen LogP contribution < -0.4 is 10.2 Å². The molecule has 0 saturated carbocycles. The molecule has 3 N–H and O–H groups in total. The largest absolute Gasteiger partial charge is 0.504 e. The van der Waals surface area contributed by atoms with Gasteiger partial charge in [0, 0.05) is 42.3 Å². The molecule has 4 rings (SSSR count). The SMILES string of the molecule is Cc1nc(CC2CCN(c3ccc(-n4c(C)ccc4C)cc3)CC2)nc(C(=O)NCC(=O)O)c1O. The number of carbonyl (C=O) groups excluding carboxylic acids is 1. The van der Waals surface area contributed by atoms with Gasteiger partial charge >= 0.3 is 5.97 Å². The number of aliphatic carboxylic acids is 1. The Kier molecular flexibility index (Phi) is 7.04. The highest BCUT2D eigenvalue weighted by atomic mass is 16.4. The summed E-state index contributed by atoms with van der Waals surface area (Å²) >= 11 is 0. The van der Waals surface area contributed by atoms with Crippen LogP contribution in [0.5, 0.6) is 5.75 Å². The molecule has 184 valence electrons. The number of aromatic nitrogens is 3. The molecule has 0 radical (unpaired) electrons. The van der Waals surface area contributed by atoms with Crippen molar-refractivity contribution in [3.05, 3.63) is 65.0 Å². The third-order valence-corrected chi connectivity index (χ3v) is 6.55. The number of benzene rings is 1. The van der Waals surface area contributed by atoms with Crippen molar-refractivity contribution < 1.29 is 19.8 Å². The van der Waals surface area contributed by atoms with Gasteiger partial charge in [-0.3, -0.25) is 9.59 Å². The van der Waals surface area contributed by atoms with E-state index in [1.54, 1.807) is 6.92 Å². The number of nitrogens with one attached hydrogen (secondary N) is 1. The van der Waals surface area contributed by atoms with E-state index in [2.05, 4.69) is 75.0 Å². The van der Waals surface area contributed by atoms with Crippen LogP contribution in [0.25, 0.3) is 5.69 Å². The van der Waals surface area contributed by atoms with E-state index >= 15 is 0 Å². The molecule has 0 aliphatic carbocycles. The maximum absolute atomic E-state index is 12.3. The quantitative estimate of drug-likeness (QED) is 0.478. The minimum absolute atomic E-state index is 0.181. The highest BCUT2D eigenvalue weighted by Gasteiger charge is 2.23. The molecule has 3 heterocycles. The molecule has 0 atom stereocenters. The van der Waals surface area contributed by atoms with E-state index in [0.29, 0.717) is 23.9 Å². The smallest absolute Gasteiger partial charge is 0.322 e. The Labute approximate surface area is 204 Å². The number of rotatable bonds is 7. The molecular formula is C26H31N5O4. The van der Waals surface area contributed by atoms with Crippen molar-refractivity contribution in [1.29, 1.82) is 0 Å². The summed E-state index contributed by atoms with van der Waals surface area (Å²) in [5, 5.41) is 21.2. The van der Waals surface area contributed by atoms with Crippen LogP contribution >= 0.6 is 0 Å². The van der Waals surface area contributed by atoms with Crippen LogP contribution in [0.1, 0.15) is 46.2 Å². The second-order valence-corrected chi connectivity index (χ2v) is 9.10. The highest BCUT2D eigenvalue weighted by molar-refractivity contribution is 5.96. The van der Waals surface area contributed by atoms with Gasteiger partial charge in [0.15, 0.2) is 11.4 Å². The molecule has 35 heavy (non-hydrogen) atoms. The molecule has 1 amide bonds. The number of nitrogens with zero attached hydrogens (tertiary/aromatic N) is 4. The van der Waals surface area contributed by atoms with Gasteiger partial charge in [-0.1, -0.05) is 0 Å². The van der Waals surface area contributed by atoms with Gasteiger partial charge in [0.25, 0.3) is 5.91 Å². The molecule has 1 aliphatic heterocycles. The standard InChI is InChI=1S/C26H31N5O4/c1-16-4-5-17(2)31(16)21-8-6-20(7-9-21)30-12-10-19(11-13-30)14-22-28-18(3)25(34)24(29-22)26(35)27-15-23(32)33/h4-9,19,34H,10-15H2,1-3H3,(H,27,35)(H,32,33). The number of carbonyl (C=O) groups is 2. The number of hydrogen-bond donors (Lipinski definition) is 3. The Morgan fingerprint density at radius 2 is 1.57 bits per heavy atom. The maximum Gasteiger partial charge on any atom is 0.322 e. The first-order valence-corrected chi connectivity index (χ1v) is 11.8. The molecule has 1 aromatic carbocycles. The Hall–Kier alpha value is -3.88. The molecule has 9 nitrogen and oxygen atoms in total. The number of anilines is 1. The van der Waals surface area contributed by atoms with Crippen LogP contribution in [0.2, 0.25) is 0 Å². The first-order valence-electron chi connectivity index (χ1n) is 11.8. The van der Waals surface area contributed by atoms with Crippen LogP contribution in [0, 0.1) is 26.7 Å². The van der Waals surface area contributed by atoms with E-state index < -0.39 is 18.4 Å². The van der Waals surface area contributed by atoms with Crippen molar-refractivity contribution in [2.45, 2.75) is 40.0 Å². The highest BCUT2D eigenvalue weighted by Crippen LogP contribution is 2.28. The average Bonchev–Trinajstić information content (AvgIpc) is 3.18. The first-order chi connectivity index (χ1) is 16.7. The lowest BCUT2D eigenvalue weighted by atomic mass is 9.92. The van der Waals surface area contributed by atoms with E-state index in [1.807, 2.05) is 0 Å². The lowest BCUT2D eigenvalue weighted by Crippen LogP contribution is -2.34. The molecule has 2 aromatic heterocycles. The van der Waals surface area contributed by atoms with Crippen molar-refractivity contribution in [3.63, 3.8) is 0 Å². The fourth-order valence-corrected chi connectivity index (χ4v) is 4.66. The molecule has 9 heteroatoms. The lowest BCUT2D eigenvalue weighted by molar-refractivity contribution is -0.135. The summed E-state index contributed by atoms with van der Waals surface area (Å²) in [5.41, 5.74) is 4.91. The zero-order valence-electron chi connectivity index (χ0n) is 20.3. The van der Waals surface area contributed by atoms with Gasteiger partial charge in [-0.25, -0.2) is 9.97 Å². The number of aryl methyl sites for hydroxylation is 3. The molecular weight excluding hydrogens is 446 g/mol. The monoisotopic (exact) mass is 477 g/mol. The van der Waals surface area contributed by atoms with Gasteiger partial charge in [0.2, 0.25) is 0 Å². The van der Waals surface area contributed by atoms with Crippen molar-refractivity contribution in [1.82, 2.24) is 19.9 Å². The third kappa shape index (κ3) is 5.45. The van der Waals surface area contributed by atoms with E-state index in [4.69, 9.17) is 5.11 Å². The molecule has 1 fully saturated rings. The fraction of sp³-hybridized carbons (Fsp3) is 0.385. The summed E-state index contributed by atoms with van der Waals surface area (Å²) in [4.78, 5) is 34.0. The maximum atomic E-state index is 12.3. The first kappa shape index (κ1) is 24.3. The van der Waals surface area contributed by atoms with Gasteiger partial charge < -0.3 is 25.0 Å². The summed E-state index contributed by atoms with van der Waals surface area (Å²) < 4.78 is 2.24. The van der Waals surface area contributed by atoms with Crippen molar-refractivity contribution in [2.75, 3.05) is 24.5 Å². The minimum atomic E-state index is -1.17. The second kappa shape index (κ2) is 10.2. The summed E-state index contributed by atoms with van der Waals surface area (Å²) in [6, 6.07) is 12.9. The molecule has 1 saturated heterocycles. The van der Waals surface area contributed by atoms with Crippen LogP contribution in [0.4, 0.5) is 5.69 Å². The summed E-state index contributed by atoms with van der Waals surface area (Å²) in [6.07, 6.45) is 2.52. The van der Waals surface area contributed by atoms with E-state index in [-0.39, 0.29) is 11.4 Å². The third-order valence-electron chi connectivity index (χ3n) is 6.55. The van der Waals surface area contributed by atoms with Gasteiger partial charge in [0.05, 0.1) is 5.69 Å². The molecule has 3 aromatic rings. The fourth-order valence-electron chi connectivity index (χ4n) is 4.66. The number of carboxylic acids is 1. The minimum Gasteiger partial charge on any atom is -0.504 e. The average molecular weight is 478 g/mol. The van der Waals surface area contributed by atoms with Crippen molar-refractivity contribution in [3.8, 4) is 11.4 Å². The Bertz CT molecular complexity index is 1210. The molecule has 1 aliphatic rings.